The van der Waals surface area contributed by atoms with Crippen molar-refractivity contribution in [2.45, 2.75) is 18.0 Å². The molecule has 0 aliphatic rings. The molecule has 0 spiro atoms. The molecule has 1 N–H and O–H groups in total. The minimum Gasteiger partial charge on any atom is -0.318 e. The van der Waals surface area contributed by atoms with Gasteiger partial charge in [-0.15, -0.1) is 0 Å². The Kier molecular flexibility index (Phi) is 6.50. The number of nitrogens with zero attached hydrogens (tertiary/aromatic N) is 1. The van der Waals surface area contributed by atoms with Crippen LogP contribution in [0.25, 0.3) is 0 Å². The second-order valence-electron chi connectivity index (χ2n) is 3.36. The SMILES string of the molecule is CNCCN(CCC(F)(F)Cl)CC(F)(F)F. The summed E-state index contributed by atoms with van der Waals surface area (Å²) in [5, 5.41) is -0.803. The molecule has 0 atom stereocenters. The van der Waals surface area contributed by atoms with Crippen LogP contribution in [-0.4, -0.2) is 49.7 Å². The zero-order valence-electron chi connectivity index (χ0n) is 8.75. The number of likely N-dealkylation sites (N-methyl/N-ethyl adjacent to an activating group) is 1. The third-order valence-electron chi connectivity index (χ3n) is 1.79. The van der Waals surface area contributed by atoms with E-state index in [1.807, 2.05) is 0 Å². The summed E-state index contributed by atoms with van der Waals surface area (Å²) in [6.45, 7) is -1.26. The van der Waals surface area contributed by atoms with Gasteiger partial charge in [-0.05, 0) is 18.6 Å². The van der Waals surface area contributed by atoms with E-state index in [1.54, 1.807) is 7.05 Å². The van der Waals surface area contributed by atoms with Crippen molar-refractivity contribution >= 4 is 11.6 Å². The summed E-state index contributed by atoms with van der Waals surface area (Å²) in [6, 6.07) is 0. The quantitative estimate of drug-likeness (QED) is 0.563. The number of hydrogen-bond donors (Lipinski definition) is 1. The van der Waals surface area contributed by atoms with Gasteiger partial charge in [-0.1, -0.05) is 0 Å². The first kappa shape index (κ1) is 15.9. The highest BCUT2D eigenvalue weighted by atomic mass is 35.5. The Morgan fingerprint density at radius 2 is 1.69 bits per heavy atom. The zero-order valence-corrected chi connectivity index (χ0v) is 9.51. The highest BCUT2D eigenvalue weighted by molar-refractivity contribution is 6.21. The summed E-state index contributed by atoms with van der Waals surface area (Å²) in [6.07, 6.45) is -5.19. The predicted octanol–water partition coefficient (Wildman–Crippen LogP) is 2.29. The van der Waals surface area contributed by atoms with Crippen LogP contribution < -0.4 is 5.32 Å². The number of alkyl halides is 6. The maximum atomic E-state index is 12.3. The number of halogens is 6. The van der Waals surface area contributed by atoms with Crippen molar-refractivity contribution in [3.8, 4) is 0 Å². The van der Waals surface area contributed by atoms with Gasteiger partial charge in [0.05, 0.1) is 6.54 Å². The summed E-state index contributed by atoms with van der Waals surface area (Å²) in [4.78, 5) is 0.896. The van der Waals surface area contributed by atoms with Crippen LogP contribution in [0.3, 0.4) is 0 Å². The van der Waals surface area contributed by atoms with E-state index >= 15 is 0 Å². The largest absolute Gasteiger partial charge is 0.401 e. The molecule has 98 valence electrons. The Balaban J connectivity index is 4.10. The minimum absolute atomic E-state index is 0.0446. The molecule has 0 unspecified atom stereocenters. The van der Waals surface area contributed by atoms with Gasteiger partial charge >= 0.3 is 11.6 Å². The molecule has 0 bridgehead atoms. The molecule has 0 aromatic carbocycles. The molecule has 16 heavy (non-hydrogen) atoms. The third kappa shape index (κ3) is 10.4. The molecule has 0 aliphatic carbocycles. The summed E-state index contributed by atoms with van der Waals surface area (Å²) in [7, 11) is 1.57. The van der Waals surface area contributed by atoms with E-state index in [-0.39, 0.29) is 6.54 Å². The van der Waals surface area contributed by atoms with Gasteiger partial charge in [0.15, 0.2) is 0 Å². The van der Waals surface area contributed by atoms with Gasteiger partial charge in [0, 0.05) is 26.1 Å². The van der Waals surface area contributed by atoms with Crippen LogP contribution in [0.2, 0.25) is 0 Å². The summed E-state index contributed by atoms with van der Waals surface area (Å²) in [5.74, 6) is 0. The third-order valence-corrected chi connectivity index (χ3v) is 1.98. The van der Waals surface area contributed by atoms with Crippen LogP contribution in [0, 0.1) is 0 Å². The topological polar surface area (TPSA) is 15.3 Å². The molecule has 0 aliphatic heterocycles. The van der Waals surface area contributed by atoms with E-state index in [2.05, 4.69) is 16.9 Å². The van der Waals surface area contributed by atoms with Gasteiger partial charge in [0.1, 0.15) is 0 Å². The van der Waals surface area contributed by atoms with Crippen LogP contribution in [0.15, 0.2) is 0 Å². The minimum atomic E-state index is -4.39. The summed E-state index contributed by atoms with van der Waals surface area (Å²) < 4.78 is 60.8. The van der Waals surface area contributed by atoms with E-state index < -0.39 is 31.1 Å². The maximum Gasteiger partial charge on any atom is 0.401 e. The van der Waals surface area contributed by atoms with Crippen LogP contribution >= 0.6 is 11.6 Å². The average Bonchev–Trinajstić information content (AvgIpc) is 2.06. The standard InChI is InChI=1S/C8H14ClF5N2/c1-15-3-5-16(6-8(12,13)14)4-2-7(9,10)11/h15H,2-6H2,1H3. The molecule has 0 rings (SSSR count). The van der Waals surface area contributed by atoms with E-state index in [1.165, 1.54) is 0 Å². The van der Waals surface area contributed by atoms with Gasteiger partial charge in [-0.3, -0.25) is 4.90 Å². The van der Waals surface area contributed by atoms with Crippen LogP contribution in [0.5, 0.6) is 0 Å². The Bertz CT molecular complexity index is 192. The molecular formula is C8H14ClF5N2. The Labute approximate surface area is 95.7 Å². The van der Waals surface area contributed by atoms with Gasteiger partial charge in [0.25, 0.3) is 0 Å². The lowest BCUT2D eigenvalue weighted by Crippen LogP contribution is -2.39. The fourth-order valence-electron chi connectivity index (χ4n) is 1.08. The van der Waals surface area contributed by atoms with Crippen molar-refractivity contribution < 1.29 is 22.0 Å². The predicted molar refractivity (Wildman–Crippen MR) is 51.8 cm³/mol. The van der Waals surface area contributed by atoms with Crippen molar-refractivity contribution in [2.75, 3.05) is 33.2 Å². The molecule has 8 heteroatoms. The maximum absolute atomic E-state index is 12.3. The molecule has 0 saturated carbocycles. The van der Waals surface area contributed by atoms with Crippen LogP contribution in [0.4, 0.5) is 22.0 Å². The van der Waals surface area contributed by atoms with Crippen molar-refractivity contribution in [1.82, 2.24) is 10.2 Å². The Morgan fingerprint density at radius 1 is 1.12 bits per heavy atom. The highest BCUT2D eigenvalue weighted by Gasteiger charge is 2.32. The number of nitrogens with one attached hydrogen (secondary N) is 1. The molecule has 0 aromatic rings. The first-order chi connectivity index (χ1) is 7.14. The second kappa shape index (κ2) is 6.56. The Morgan fingerprint density at radius 3 is 2.06 bits per heavy atom. The molecule has 2 nitrogen and oxygen atoms in total. The van der Waals surface area contributed by atoms with Gasteiger partial charge in [-0.2, -0.15) is 22.0 Å². The smallest absolute Gasteiger partial charge is 0.318 e. The molecular weight excluding hydrogens is 255 g/mol. The molecule has 0 fully saturated rings. The molecule has 0 amide bonds. The average molecular weight is 269 g/mol. The van der Waals surface area contributed by atoms with Gasteiger partial charge < -0.3 is 5.32 Å². The van der Waals surface area contributed by atoms with Crippen LogP contribution in [0.1, 0.15) is 6.42 Å². The monoisotopic (exact) mass is 268 g/mol. The van der Waals surface area contributed by atoms with E-state index in [4.69, 9.17) is 0 Å². The van der Waals surface area contributed by atoms with Crippen molar-refractivity contribution in [3.05, 3.63) is 0 Å². The first-order valence-corrected chi connectivity index (χ1v) is 5.02. The lowest BCUT2D eigenvalue weighted by molar-refractivity contribution is -0.147. The van der Waals surface area contributed by atoms with Gasteiger partial charge in [0.2, 0.25) is 0 Å². The summed E-state index contributed by atoms with van der Waals surface area (Å²) in [5.41, 5.74) is 0. The van der Waals surface area contributed by atoms with Crippen molar-refractivity contribution in [1.29, 1.82) is 0 Å². The molecule has 0 aromatic heterocycles. The summed E-state index contributed by atoms with van der Waals surface area (Å²) >= 11 is 4.63. The van der Waals surface area contributed by atoms with E-state index in [0.717, 1.165) is 4.90 Å². The van der Waals surface area contributed by atoms with Gasteiger partial charge in [-0.25, -0.2) is 0 Å². The molecule has 0 saturated heterocycles. The zero-order chi connectivity index (χ0) is 12.8. The number of rotatable bonds is 7. The fourth-order valence-corrected chi connectivity index (χ4v) is 1.16. The normalized spacial score (nSPS) is 13.5. The first-order valence-electron chi connectivity index (χ1n) is 4.64. The lowest BCUT2D eigenvalue weighted by atomic mass is 10.3. The Hall–Kier alpha value is -0.140. The van der Waals surface area contributed by atoms with E-state index in [0.29, 0.717) is 6.54 Å². The molecule has 0 radical (unpaired) electrons. The second-order valence-corrected chi connectivity index (χ2v) is 3.91. The fraction of sp³-hybridized carbons (Fsp3) is 1.00. The van der Waals surface area contributed by atoms with E-state index in [9.17, 15) is 22.0 Å². The van der Waals surface area contributed by atoms with Crippen LogP contribution in [-0.2, 0) is 0 Å². The van der Waals surface area contributed by atoms with Crippen molar-refractivity contribution in [3.63, 3.8) is 0 Å². The number of hydrogen-bond acceptors (Lipinski definition) is 2. The lowest BCUT2D eigenvalue weighted by Gasteiger charge is -2.24. The highest BCUT2D eigenvalue weighted by Crippen LogP contribution is 2.24. The molecule has 0 heterocycles. The van der Waals surface area contributed by atoms with Crippen molar-refractivity contribution in [2.24, 2.45) is 0 Å².